The lowest BCUT2D eigenvalue weighted by atomic mass is 10.2. The van der Waals surface area contributed by atoms with Crippen LogP contribution in [0.15, 0.2) is 36.4 Å². The molecule has 0 fully saturated rings. The molecule has 2 aromatic rings. The van der Waals surface area contributed by atoms with E-state index in [9.17, 15) is 14.7 Å². The van der Waals surface area contributed by atoms with E-state index < -0.39 is 11.9 Å². The Bertz CT molecular complexity index is 801. The maximum atomic E-state index is 11.3. The molecule has 2 rings (SSSR count). The van der Waals surface area contributed by atoms with Crippen LogP contribution < -0.4 is 4.74 Å². The minimum Gasteiger partial charge on any atom is -0.504 e. The largest absolute Gasteiger partial charge is 0.504 e. The van der Waals surface area contributed by atoms with Crippen molar-refractivity contribution in [2.24, 2.45) is 0 Å². The van der Waals surface area contributed by atoms with Crippen LogP contribution in [0, 0.1) is 0 Å². The van der Waals surface area contributed by atoms with Gasteiger partial charge in [-0.1, -0.05) is 0 Å². The van der Waals surface area contributed by atoms with Gasteiger partial charge in [-0.3, -0.25) is 0 Å². The van der Waals surface area contributed by atoms with Crippen molar-refractivity contribution in [1.29, 1.82) is 0 Å². The standard InChI is InChI=1S/C11H14O4.C9H10O4/c1-3-14-10-6-5-8(7-9(10)12)11(13)15-4-2;1-2-13-9(12)6-3-4-7(10)8(11)5-6/h5-7,12H,3-4H2,1-2H3;3-5,10-11H,2H2,1H3. The number of phenolic OH excluding ortho intramolecular Hbond substituents is 3. The van der Waals surface area contributed by atoms with Crippen LogP contribution in [-0.2, 0) is 9.47 Å². The number of phenols is 3. The van der Waals surface area contributed by atoms with E-state index >= 15 is 0 Å². The van der Waals surface area contributed by atoms with Gasteiger partial charge in [-0.25, -0.2) is 9.59 Å². The summed E-state index contributed by atoms with van der Waals surface area (Å²) in [7, 11) is 0. The van der Waals surface area contributed by atoms with Crippen molar-refractivity contribution in [3.8, 4) is 23.0 Å². The molecule has 0 aliphatic rings. The molecule has 0 unspecified atom stereocenters. The molecule has 3 N–H and O–H groups in total. The summed E-state index contributed by atoms with van der Waals surface area (Å²) in [5.41, 5.74) is 0.537. The summed E-state index contributed by atoms with van der Waals surface area (Å²) in [5.74, 6) is -1.24. The van der Waals surface area contributed by atoms with Gasteiger partial charge >= 0.3 is 11.9 Å². The van der Waals surface area contributed by atoms with Crippen molar-refractivity contribution in [1.82, 2.24) is 0 Å². The predicted molar refractivity (Wildman–Crippen MR) is 101 cm³/mol. The quantitative estimate of drug-likeness (QED) is 0.506. The molecule has 152 valence electrons. The molecule has 0 spiro atoms. The van der Waals surface area contributed by atoms with Gasteiger partial charge in [0.1, 0.15) is 0 Å². The van der Waals surface area contributed by atoms with Gasteiger partial charge in [-0.05, 0) is 57.2 Å². The molecule has 0 amide bonds. The molecule has 0 aliphatic carbocycles. The molecule has 0 aromatic heterocycles. The fourth-order valence-electron chi connectivity index (χ4n) is 2.00. The van der Waals surface area contributed by atoms with E-state index in [4.69, 9.17) is 24.4 Å². The van der Waals surface area contributed by atoms with Crippen LogP contribution in [0.3, 0.4) is 0 Å². The van der Waals surface area contributed by atoms with Crippen molar-refractivity contribution in [3.63, 3.8) is 0 Å². The average molecular weight is 392 g/mol. The Morgan fingerprint density at radius 1 is 0.714 bits per heavy atom. The Kier molecular flexibility index (Phi) is 9.15. The zero-order valence-corrected chi connectivity index (χ0v) is 16.0. The van der Waals surface area contributed by atoms with Gasteiger partial charge in [0.05, 0.1) is 30.9 Å². The van der Waals surface area contributed by atoms with Crippen molar-refractivity contribution in [2.75, 3.05) is 19.8 Å². The number of rotatable bonds is 6. The van der Waals surface area contributed by atoms with Gasteiger partial charge in [0.15, 0.2) is 23.0 Å². The number of hydrogen-bond donors (Lipinski definition) is 3. The summed E-state index contributed by atoms with van der Waals surface area (Å²) in [6.45, 7) is 6.29. The van der Waals surface area contributed by atoms with E-state index in [1.165, 1.54) is 18.2 Å². The van der Waals surface area contributed by atoms with E-state index in [0.717, 1.165) is 6.07 Å². The summed E-state index contributed by atoms with van der Waals surface area (Å²) in [4.78, 5) is 22.4. The van der Waals surface area contributed by atoms with E-state index in [1.54, 1.807) is 26.0 Å². The second-order valence-corrected chi connectivity index (χ2v) is 5.26. The molecule has 8 nitrogen and oxygen atoms in total. The van der Waals surface area contributed by atoms with E-state index in [1.807, 2.05) is 6.92 Å². The molecule has 0 heterocycles. The van der Waals surface area contributed by atoms with Crippen LogP contribution in [0.4, 0.5) is 0 Å². The zero-order valence-electron chi connectivity index (χ0n) is 16.0. The number of aromatic hydroxyl groups is 3. The summed E-state index contributed by atoms with van der Waals surface area (Å²) < 4.78 is 14.6. The number of carbonyl (C=O) groups excluding carboxylic acids is 2. The Hall–Kier alpha value is -3.42. The third kappa shape index (κ3) is 6.71. The normalized spacial score (nSPS) is 9.68. The van der Waals surface area contributed by atoms with Crippen LogP contribution in [-0.4, -0.2) is 47.1 Å². The molecule has 0 bridgehead atoms. The number of esters is 2. The molecular formula is C20H24O8. The lowest BCUT2D eigenvalue weighted by molar-refractivity contribution is 0.0516. The van der Waals surface area contributed by atoms with Crippen molar-refractivity contribution in [3.05, 3.63) is 47.5 Å². The first-order valence-corrected chi connectivity index (χ1v) is 8.65. The highest BCUT2D eigenvalue weighted by Crippen LogP contribution is 2.27. The highest BCUT2D eigenvalue weighted by atomic mass is 16.5. The summed E-state index contributed by atoms with van der Waals surface area (Å²) in [5, 5.41) is 27.5. The Labute approximate surface area is 162 Å². The van der Waals surface area contributed by atoms with Crippen molar-refractivity contribution < 1.29 is 39.1 Å². The van der Waals surface area contributed by atoms with Crippen molar-refractivity contribution in [2.45, 2.75) is 20.8 Å². The summed E-state index contributed by atoms with van der Waals surface area (Å²) >= 11 is 0. The Morgan fingerprint density at radius 2 is 1.21 bits per heavy atom. The maximum absolute atomic E-state index is 11.3. The second-order valence-electron chi connectivity index (χ2n) is 5.26. The van der Waals surface area contributed by atoms with Gasteiger partial charge in [0.25, 0.3) is 0 Å². The molecule has 0 radical (unpaired) electrons. The van der Waals surface area contributed by atoms with Gasteiger partial charge in [0.2, 0.25) is 0 Å². The van der Waals surface area contributed by atoms with Crippen LogP contribution in [0.1, 0.15) is 41.5 Å². The molecule has 0 saturated carbocycles. The van der Waals surface area contributed by atoms with Crippen LogP contribution in [0.2, 0.25) is 0 Å². The molecule has 0 aliphatic heterocycles. The monoisotopic (exact) mass is 392 g/mol. The lowest BCUT2D eigenvalue weighted by Crippen LogP contribution is -2.04. The third-order valence-corrected chi connectivity index (χ3v) is 3.26. The molecule has 28 heavy (non-hydrogen) atoms. The van der Waals surface area contributed by atoms with Gasteiger partial charge in [0, 0.05) is 0 Å². The molecule has 2 aromatic carbocycles. The first-order chi connectivity index (χ1) is 13.3. The Morgan fingerprint density at radius 3 is 1.64 bits per heavy atom. The van der Waals surface area contributed by atoms with Crippen LogP contribution in [0.5, 0.6) is 23.0 Å². The molecule has 0 atom stereocenters. The van der Waals surface area contributed by atoms with Gasteiger partial charge < -0.3 is 29.5 Å². The highest BCUT2D eigenvalue weighted by Gasteiger charge is 2.10. The van der Waals surface area contributed by atoms with Gasteiger partial charge in [-0.2, -0.15) is 0 Å². The van der Waals surface area contributed by atoms with E-state index in [2.05, 4.69) is 0 Å². The summed E-state index contributed by atoms with van der Waals surface area (Å²) in [6, 6.07) is 8.22. The SMILES string of the molecule is CCOC(=O)c1ccc(O)c(O)c1.CCOC(=O)c1ccc(OCC)c(O)c1. The first kappa shape index (κ1) is 22.6. The highest BCUT2D eigenvalue weighted by molar-refractivity contribution is 5.90. The van der Waals surface area contributed by atoms with Crippen LogP contribution in [0.25, 0.3) is 0 Å². The fourth-order valence-corrected chi connectivity index (χ4v) is 2.00. The zero-order chi connectivity index (χ0) is 21.1. The van der Waals surface area contributed by atoms with E-state index in [0.29, 0.717) is 24.5 Å². The number of ether oxygens (including phenoxy) is 3. The number of benzene rings is 2. The lowest BCUT2D eigenvalue weighted by Gasteiger charge is -2.07. The Balaban J connectivity index is 0.000000283. The van der Waals surface area contributed by atoms with Crippen LogP contribution >= 0.6 is 0 Å². The number of hydrogen-bond acceptors (Lipinski definition) is 8. The number of carbonyl (C=O) groups is 2. The van der Waals surface area contributed by atoms with E-state index in [-0.39, 0.29) is 29.4 Å². The smallest absolute Gasteiger partial charge is 0.338 e. The van der Waals surface area contributed by atoms with Crippen molar-refractivity contribution >= 4 is 11.9 Å². The minimum absolute atomic E-state index is 0.0533. The minimum atomic E-state index is -0.516. The second kappa shape index (κ2) is 11.3. The predicted octanol–water partition coefficient (Wildman–Crippen LogP) is 3.24. The molecule has 0 saturated heterocycles. The topological polar surface area (TPSA) is 123 Å². The first-order valence-electron chi connectivity index (χ1n) is 8.65. The molecular weight excluding hydrogens is 368 g/mol. The van der Waals surface area contributed by atoms with Gasteiger partial charge in [-0.15, -0.1) is 0 Å². The fraction of sp³-hybridized carbons (Fsp3) is 0.300. The summed E-state index contributed by atoms with van der Waals surface area (Å²) in [6.07, 6.45) is 0. The third-order valence-electron chi connectivity index (χ3n) is 3.26. The molecule has 8 heteroatoms. The average Bonchev–Trinajstić information content (AvgIpc) is 2.66. The maximum Gasteiger partial charge on any atom is 0.338 e.